The number of rotatable bonds is 4. The van der Waals surface area contributed by atoms with Crippen molar-refractivity contribution in [2.24, 2.45) is 5.92 Å². The van der Waals surface area contributed by atoms with E-state index in [-0.39, 0.29) is 6.10 Å². The number of aromatic nitrogens is 1. The maximum atomic E-state index is 10.4. The van der Waals surface area contributed by atoms with E-state index in [0.717, 1.165) is 12.1 Å². The van der Waals surface area contributed by atoms with Gasteiger partial charge in [-0.25, -0.2) is 0 Å². The van der Waals surface area contributed by atoms with Gasteiger partial charge in [-0.3, -0.25) is 4.98 Å². The molecule has 1 fully saturated rings. The second kappa shape index (κ2) is 7.64. The Kier molecular flexibility index (Phi) is 5.84. The van der Waals surface area contributed by atoms with Crippen molar-refractivity contribution < 1.29 is 5.11 Å². The van der Waals surface area contributed by atoms with E-state index in [1.54, 1.807) is 0 Å². The summed E-state index contributed by atoms with van der Waals surface area (Å²) in [4.78, 5) is 4.47. The summed E-state index contributed by atoms with van der Waals surface area (Å²) in [7, 11) is 0. The molecule has 0 amide bonds. The highest BCUT2D eigenvalue weighted by Crippen LogP contribution is 2.26. The summed E-state index contributed by atoms with van der Waals surface area (Å²) in [6.07, 6.45) is 12.5. The average molecular weight is 261 g/mol. The number of aliphatic hydroxyl groups is 1. The lowest BCUT2D eigenvalue weighted by molar-refractivity contribution is 0.0905. The van der Waals surface area contributed by atoms with Gasteiger partial charge in [0.25, 0.3) is 0 Å². The van der Waals surface area contributed by atoms with Crippen molar-refractivity contribution >= 4 is 0 Å². The summed E-state index contributed by atoms with van der Waals surface area (Å²) in [6, 6.07) is 4.21. The molecule has 1 aromatic rings. The summed E-state index contributed by atoms with van der Waals surface area (Å²) in [5.74, 6) is 0.480. The molecule has 0 aliphatic heterocycles. The van der Waals surface area contributed by atoms with E-state index in [2.05, 4.69) is 24.0 Å². The Morgan fingerprint density at radius 2 is 1.84 bits per heavy atom. The van der Waals surface area contributed by atoms with Crippen LogP contribution in [-0.4, -0.2) is 16.2 Å². The number of hydrogen-bond acceptors (Lipinski definition) is 2. The van der Waals surface area contributed by atoms with E-state index in [4.69, 9.17) is 0 Å². The highest BCUT2D eigenvalue weighted by molar-refractivity contribution is 5.14. The maximum absolute atomic E-state index is 10.4. The first kappa shape index (κ1) is 14.5. The van der Waals surface area contributed by atoms with Gasteiger partial charge in [-0.05, 0) is 36.8 Å². The van der Waals surface area contributed by atoms with Gasteiger partial charge in [-0.1, -0.05) is 45.1 Å². The minimum absolute atomic E-state index is 0.210. The summed E-state index contributed by atoms with van der Waals surface area (Å²) in [5.41, 5.74) is 2.30. The zero-order valence-corrected chi connectivity index (χ0v) is 12.1. The molecule has 1 aromatic heterocycles. The molecule has 2 nitrogen and oxygen atoms in total. The molecule has 2 rings (SSSR count). The molecule has 0 bridgehead atoms. The summed E-state index contributed by atoms with van der Waals surface area (Å²) in [5, 5.41) is 10.4. The van der Waals surface area contributed by atoms with Crippen LogP contribution in [0.25, 0.3) is 0 Å². The van der Waals surface area contributed by atoms with Gasteiger partial charge in [0, 0.05) is 18.3 Å². The molecule has 19 heavy (non-hydrogen) atoms. The normalized spacial score (nSPS) is 19.7. The van der Waals surface area contributed by atoms with Crippen LogP contribution >= 0.6 is 0 Å². The summed E-state index contributed by atoms with van der Waals surface area (Å²) in [6.45, 7) is 2.14. The Morgan fingerprint density at radius 1 is 1.16 bits per heavy atom. The quantitative estimate of drug-likeness (QED) is 0.891. The first-order valence-corrected chi connectivity index (χ1v) is 7.91. The molecule has 1 N–H and O–H groups in total. The monoisotopic (exact) mass is 261 g/mol. The van der Waals surface area contributed by atoms with E-state index in [0.29, 0.717) is 12.3 Å². The zero-order valence-electron chi connectivity index (χ0n) is 12.1. The summed E-state index contributed by atoms with van der Waals surface area (Å²) < 4.78 is 0. The van der Waals surface area contributed by atoms with Crippen LogP contribution in [0.3, 0.4) is 0 Å². The van der Waals surface area contributed by atoms with Gasteiger partial charge in [0.1, 0.15) is 0 Å². The Morgan fingerprint density at radius 3 is 2.42 bits per heavy atom. The van der Waals surface area contributed by atoms with Crippen molar-refractivity contribution in [1.29, 1.82) is 0 Å². The lowest BCUT2D eigenvalue weighted by Crippen LogP contribution is -2.24. The highest BCUT2D eigenvalue weighted by Gasteiger charge is 2.20. The van der Waals surface area contributed by atoms with Crippen LogP contribution in [0.1, 0.15) is 63.1 Å². The number of hydrogen-bond donors (Lipinski definition) is 1. The fourth-order valence-electron chi connectivity index (χ4n) is 3.04. The van der Waals surface area contributed by atoms with E-state index >= 15 is 0 Å². The smallest absolute Gasteiger partial charge is 0.0623 e. The summed E-state index contributed by atoms with van der Waals surface area (Å²) >= 11 is 0. The van der Waals surface area contributed by atoms with E-state index in [1.165, 1.54) is 50.5 Å². The molecule has 106 valence electrons. The standard InChI is InChI=1S/C17H27NO/c1-2-14-10-11-16(18-13-14)12-17(19)15-8-6-4-3-5-7-9-15/h10-11,13,15,17,19H,2-9,12H2,1H3. The van der Waals surface area contributed by atoms with Crippen LogP contribution < -0.4 is 0 Å². The van der Waals surface area contributed by atoms with Crippen molar-refractivity contribution in [3.8, 4) is 0 Å². The first-order valence-electron chi connectivity index (χ1n) is 7.91. The van der Waals surface area contributed by atoms with Crippen LogP contribution in [0.2, 0.25) is 0 Å². The fourth-order valence-corrected chi connectivity index (χ4v) is 3.04. The van der Waals surface area contributed by atoms with Gasteiger partial charge in [0.05, 0.1) is 6.10 Å². The number of aryl methyl sites for hydroxylation is 1. The molecule has 1 aliphatic carbocycles. The van der Waals surface area contributed by atoms with Crippen molar-refractivity contribution in [3.63, 3.8) is 0 Å². The van der Waals surface area contributed by atoms with E-state index < -0.39 is 0 Å². The minimum Gasteiger partial charge on any atom is -0.392 e. The van der Waals surface area contributed by atoms with Crippen molar-refractivity contribution in [2.45, 2.75) is 70.8 Å². The van der Waals surface area contributed by atoms with Crippen LogP contribution in [0.5, 0.6) is 0 Å². The van der Waals surface area contributed by atoms with E-state index in [9.17, 15) is 5.11 Å². The Balaban J connectivity index is 1.88. The third-order valence-electron chi connectivity index (χ3n) is 4.41. The van der Waals surface area contributed by atoms with Gasteiger partial charge in [0.15, 0.2) is 0 Å². The number of aliphatic hydroxyl groups excluding tert-OH is 1. The lowest BCUT2D eigenvalue weighted by atomic mass is 9.85. The fraction of sp³-hybridized carbons (Fsp3) is 0.706. The first-order chi connectivity index (χ1) is 9.29. The topological polar surface area (TPSA) is 33.1 Å². The molecule has 1 aliphatic rings. The van der Waals surface area contributed by atoms with Crippen molar-refractivity contribution in [2.75, 3.05) is 0 Å². The highest BCUT2D eigenvalue weighted by atomic mass is 16.3. The molecule has 0 aromatic carbocycles. The van der Waals surface area contributed by atoms with Crippen LogP contribution in [0.15, 0.2) is 18.3 Å². The second-order valence-electron chi connectivity index (χ2n) is 5.89. The molecule has 0 radical (unpaired) electrons. The van der Waals surface area contributed by atoms with Gasteiger partial charge in [-0.15, -0.1) is 0 Å². The Hall–Kier alpha value is -0.890. The predicted molar refractivity (Wildman–Crippen MR) is 79.1 cm³/mol. The zero-order chi connectivity index (χ0) is 13.5. The molecule has 1 saturated carbocycles. The van der Waals surface area contributed by atoms with Crippen LogP contribution in [-0.2, 0) is 12.8 Å². The van der Waals surface area contributed by atoms with Gasteiger partial charge in [0.2, 0.25) is 0 Å². The Labute approximate surface area is 117 Å². The third kappa shape index (κ3) is 4.61. The van der Waals surface area contributed by atoms with Crippen LogP contribution in [0.4, 0.5) is 0 Å². The van der Waals surface area contributed by atoms with Crippen molar-refractivity contribution in [1.82, 2.24) is 4.98 Å². The molecule has 2 heteroatoms. The molecule has 1 unspecified atom stereocenters. The molecular weight excluding hydrogens is 234 g/mol. The molecule has 1 atom stereocenters. The van der Waals surface area contributed by atoms with Crippen molar-refractivity contribution in [3.05, 3.63) is 29.6 Å². The van der Waals surface area contributed by atoms with Gasteiger partial charge < -0.3 is 5.11 Å². The second-order valence-corrected chi connectivity index (χ2v) is 5.89. The molecule has 0 spiro atoms. The van der Waals surface area contributed by atoms with Gasteiger partial charge >= 0.3 is 0 Å². The Bertz CT molecular complexity index is 352. The molecule has 0 saturated heterocycles. The third-order valence-corrected chi connectivity index (χ3v) is 4.41. The van der Waals surface area contributed by atoms with Gasteiger partial charge in [-0.2, -0.15) is 0 Å². The average Bonchev–Trinajstić information content (AvgIpc) is 2.39. The van der Waals surface area contributed by atoms with E-state index in [1.807, 2.05) is 6.20 Å². The molecule has 1 heterocycles. The minimum atomic E-state index is -0.210. The number of pyridine rings is 1. The lowest BCUT2D eigenvalue weighted by Gasteiger charge is -2.24. The predicted octanol–water partition coefficient (Wildman–Crippen LogP) is 3.91. The number of nitrogens with zero attached hydrogens (tertiary/aromatic N) is 1. The maximum Gasteiger partial charge on any atom is 0.0623 e. The SMILES string of the molecule is CCc1ccc(CC(O)C2CCCCCCC2)nc1. The molecular formula is C17H27NO. The largest absolute Gasteiger partial charge is 0.392 e. The van der Waals surface area contributed by atoms with Crippen LogP contribution in [0, 0.1) is 5.92 Å².